The number of hydrogen-bond acceptors (Lipinski definition) is 4. The number of furan rings is 1. The van der Waals surface area contributed by atoms with Gasteiger partial charge < -0.3 is 9.15 Å². The number of carbonyl (C=O) groups excluding carboxylic acids is 1. The summed E-state index contributed by atoms with van der Waals surface area (Å²) in [7, 11) is 0. The summed E-state index contributed by atoms with van der Waals surface area (Å²) in [5, 5.41) is 2.40. The van der Waals surface area contributed by atoms with Gasteiger partial charge in [0.2, 0.25) is 0 Å². The van der Waals surface area contributed by atoms with Gasteiger partial charge in [0.15, 0.2) is 5.78 Å². The number of benzene rings is 1. The zero-order chi connectivity index (χ0) is 16.9. The number of ether oxygens (including phenoxy) is 1. The van der Waals surface area contributed by atoms with E-state index in [-0.39, 0.29) is 12.4 Å². The highest BCUT2D eigenvalue weighted by atomic mass is 79.9. The van der Waals surface area contributed by atoms with Gasteiger partial charge in [-0.3, -0.25) is 4.79 Å². The van der Waals surface area contributed by atoms with Crippen molar-refractivity contribution in [1.29, 1.82) is 0 Å². The first-order chi connectivity index (χ1) is 11.6. The van der Waals surface area contributed by atoms with Crippen LogP contribution >= 0.6 is 38.9 Å². The summed E-state index contributed by atoms with van der Waals surface area (Å²) >= 11 is 10.9. The summed E-state index contributed by atoms with van der Waals surface area (Å²) in [5.74, 6) is 1.79. The molecule has 0 N–H and O–H groups in total. The Balaban J connectivity index is 1.60. The van der Waals surface area contributed by atoms with Crippen LogP contribution in [0, 0.1) is 0 Å². The largest absolute Gasteiger partial charge is 0.484 e. The van der Waals surface area contributed by atoms with E-state index in [9.17, 15) is 4.79 Å². The van der Waals surface area contributed by atoms with Crippen LogP contribution in [0.5, 0.6) is 5.75 Å². The molecule has 3 rings (SSSR count). The molecule has 0 saturated heterocycles. The molecule has 3 aromatic rings. The van der Waals surface area contributed by atoms with Crippen LogP contribution in [0.3, 0.4) is 0 Å². The number of hydrogen-bond donors (Lipinski definition) is 0. The Morgan fingerprint density at radius 1 is 1.29 bits per heavy atom. The molecule has 0 unspecified atom stereocenters. The third-order valence-electron chi connectivity index (χ3n) is 3.11. The summed E-state index contributed by atoms with van der Waals surface area (Å²) in [6, 6.07) is 12.6. The predicted molar refractivity (Wildman–Crippen MR) is 99.9 cm³/mol. The highest BCUT2D eigenvalue weighted by Crippen LogP contribution is 2.28. The zero-order valence-corrected chi connectivity index (χ0v) is 15.5. The lowest BCUT2D eigenvalue weighted by molar-refractivity contribution is 0.105. The lowest BCUT2D eigenvalue weighted by atomic mass is 10.3. The Bertz CT molecular complexity index is 868. The van der Waals surface area contributed by atoms with Gasteiger partial charge in [-0.25, -0.2) is 0 Å². The van der Waals surface area contributed by atoms with Gasteiger partial charge >= 0.3 is 0 Å². The maximum atomic E-state index is 11.9. The normalized spacial score (nSPS) is 11.1. The molecule has 3 nitrogen and oxygen atoms in total. The first-order valence-electron chi connectivity index (χ1n) is 7.04. The number of rotatable bonds is 6. The van der Waals surface area contributed by atoms with E-state index < -0.39 is 0 Å². The molecule has 0 atom stereocenters. The van der Waals surface area contributed by atoms with Crippen molar-refractivity contribution < 1.29 is 13.9 Å². The zero-order valence-electron chi connectivity index (χ0n) is 12.4. The molecule has 24 heavy (non-hydrogen) atoms. The second kappa shape index (κ2) is 7.83. The molecule has 2 heterocycles. The molecular weight excluding hydrogens is 412 g/mol. The van der Waals surface area contributed by atoms with Gasteiger partial charge in [0, 0.05) is 4.47 Å². The number of ketones is 1. The number of thiophene rings is 1. The lowest BCUT2D eigenvalue weighted by Gasteiger charge is -2.06. The lowest BCUT2D eigenvalue weighted by Crippen LogP contribution is -1.94. The second-order valence-corrected chi connectivity index (χ2v) is 7.11. The van der Waals surface area contributed by atoms with Gasteiger partial charge in [-0.1, -0.05) is 33.6 Å². The molecule has 2 aromatic heterocycles. The molecule has 0 aliphatic carbocycles. The van der Waals surface area contributed by atoms with E-state index in [2.05, 4.69) is 15.9 Å². The minimum atomic E-state index is -0.0409. The molecule has 0 saturated carbocycles. The molecule has 0 bridgehead atoms. The van der Waals surface area contributed by atoms with Gasteiger partial charge in [-0.15, -0.1) is 11.3 Å². The van der Waals surface area contributed by atoms with Gasteiger partial charge in [0.05, 0.1) is 9.90 Å². The molecule has 0 aliphatic rings. The van der Waals surface area contributed by atoms with Gasteiger partial charge in [-0.05, 0) is 53.9 Å². The summed E-state index contributed by atoms with van der Waals surface area (Å²) in [6.45, 7) is 0.258. The molecule has 1 aromatic carbocycles. The van der Waals surface area contributed by atoms with Crippen molar-refractivity contribution in [2.75, 3.05) is 0 Å². The molecular formula is C18H12BrClO3S. The van der Waals surface area contributed by atoms with E-state index in [4.69, 9.17) is 20.8 Å². The van der Waals surface area contributed by atoms with Crippen molar-refractivity contribution in [3.63, 3.8) is 0 Å². The monoisotopic (exact) mass is 422 g/mol. The second-order valence-electron chi connectivity index (χ2n) is 4.84. The molecule has 0 spiro atoms. The maximum Gasteiger partial charge on any atom is 0.195 e. The minimum absolute atomic E-state index is 0.0409. The molecule has 6 heteroatoms. The fourth-order valence-electron chi connectivity index (χ4n) is 1.96. The minimum Gasteiger partial charge on any atom is -0.484 e. The standard InChI is InChI=1S/C18H12BrClO3S/c19-12-3-8-17(15(20)10-12)22-11-14-5-4-13(23-14)6-7-16(21)18-2-1-9-24-18/h1-10H,11H2/b7-6+. The molecule has 0 radical (unpaired) electrons. The first-order valence-corrected chi connectivity index (χ1v) is 9.09. The molecule has 122 valence electrons. The Morgan fingerprint density at radius 3 is 2.92 bits per heavy atom. The van der Waals surface area contributed by atoms with Crippen molar-refractivity contribution >= 4 is 50.7 Å². The molecule has 0 fully saturated rings. The van der Waals surface area contributed by atoms with E-state index in [0.717, 1.165) is 4.47 Å². The Labute approximate surface area is 156 Å². The quantitative estimate of drug-likeness (QED) is 0.348. The van der Waals surface area contributed by atoms with E-state index in [1.54, 1.807) is 30.3 Å². The van der Waals surface area contributed by atoms with Crippen molar-refractivity contribution in [1.82, 2.24) is 0 Å². The highest BCUT2D eigenvalue weighted by molar-refractivity contribution is 9.10. The smallest absolute Gasteiger partial charge is 0.195 e. The van der Waals surface area contributed by atoms with Crippen molar-refractivity contribution in [3.8, 4) is 5.75 Å². The van der Waals surface area contributed by atoms with Crippen LogP contribution in [0.15, 0.2) is 62.8 Å². The van der Waals surface area contributed by atoms with Crippen LogP contribution in [0.4, 0.5) is 0 Å². The third kappa shape index (κ3) is 4.38. The topological polar surface area (TPSA) is 39.4 Å². The summed E-state index contributed by atoms with van der Waals surface area (Å²) in [5.41, 5.74) is 0. The van der Waals surface area contributed by atoms with Crippen molar-refractivity contribution in [2.45, 2.75) is 6.61 Å². The third-order valence-corrected chi connectivity index (χ3v) is 4.78. The van der Waals surface area contributed by atoms with Crippen molar-refractivity contribution in [3.05, 3.63) is 79.8 Å². The average Bonchev–Trinajstić information content (AvgIpc) is 3.24. The van der Waals surface area contributed by atoms with Gasteiger partial charge in [0.1, 0.15) is 23.9 Å². The summed E-state index contributed by atoms with van der Waals surface area (Å²) in [6.07, 6.45) is 3.15. The predicted octanol–water partition coefficient (Wildman–Crippen LogP) is 6.23. The van der Waals surface area contributed by atoms with Crippen LogP contribution in [-0.4, -0.2) is 5.78 Å². The van der Waals surface area contributed by atoms with Crippen molar-refractivity contribution in [2.24, 2.45) is 0 Å². The molecule has 0 amide bonds. The first kappa shape index (κ1) is 17.0. The van der Waals surface area contributed by atoms with Crippen LogP contribution in [-0.2, 0) is 6.61 Å². The van der Waals surface area contributed by atoms with E-state index in [0.29, 0.717) is 27.2 Å². The van der Waals surface area contributed by atoms with Gasteiger partial charge in [-0.2, -0.15) is 0 Å². The Hall–Kier alpha value is -1.82. The number of carbonyl (C=O) groups is 1. The number of allylic oxidation sites excluding steroid dienone is 1. The number of halogens is 2. The maximum absolute atomic E-state index is 11.9. The van der Waals surface area contributed by atoms with Crippen LogP contribution in [0.2, 0.25) is 5.02 Å². The van der Waals surface area contributed by atoms with Gasteiger partial charge in [0.25, 0.3) is 0 Å². The fourth-order valence-corrected chi connectivity index (χ4v) is 3.33. The Kier molecular flexibility index (Phi) is 5.56. The SMILES string of the molecule is O=C(/C=C/c1ccc(COc2ccc(Br)cc2Cl)o1)c1cccs1. The van der Waals surface area contributed by atoms with Crippen LogP contribution < -0.4 is 4.74 Å². The van der Waals surface area contributed by atoms with E-state index >= 15 is 0 Å². The summed E-state index contributed by atoms with van der Waals surface area (Å²) < 4.78 is 12.2. The van der Waals surface area contributed by atoms with Crippen LogP contribution in [0.25, 0.3) is 6.08 Å². The van der Waals surface area contributed by atoms with Crippen LogP contribution in [0.1, 0.15) is 21.2 Å². The van der Waals surface area contributed by atoms with E-state index in [1.165, 1.54) is 17.4 Å². The highest BCUT2D eigenvalue weighted by Gasteiger charge is 2.06. The Morgan fingerprint density at radius 2 is 2.17 bits per heavy atom. The fraction of sp³-hybridized carbons (Fsp3) is 0.0556. The summed E-state index contributed by atoms with van der Waals surface area (Å²) in [4.78, 5) is 12.6. The molecule has 0 aliphatic heterocycles. The average molecular weight is 424 g/mol. The van der Waals surface area contributed by atoms with E-state index in [1.807, 2.05) is 23.6 Å².